The van der Waals surface area contributed by atoms with E-state index in [1.54, 1.807) is 6.20 Å². The van der Waals surface area contributed by atoms with Crippen LogP contribution in [0.1, 0.15) is 44.6 Å². The molecule has 1 saturated heterocycles. The molecule has 208 valence electrons. The van der Waals surface area contributed by atoms with Crippen LogP contribution in [0.25, 0.3) is 10.9 Å². The summed E-state index contributed by atoms with van der Waals surface area (Å²) in [6.45, 7) is 2.10. The van der Waals surface area contributed by atoms with E-state index in [0.29, 0.717) is 38.8 Å². The van der Waals surface area contributed by atoms with Crippen molar-refractivity contribution in [3.05, 3.63) is 36.0 Å². The Balaban J connectivity index is 1.72. The van der Waals surface area contributed by atoms with Crippen molar-refractivity contribution in [2.24, 2.45) is 11.5 Å². The molecule has 12 heteroatoms. The van der Waals surface area contributed by atoms with Crippen molar-refractivity contribution in [3.63, 3.8) is 0 Å². The average Bonchev–Trinajstić information content (AvgIpc) is 3.54. The number of carbonyl (C=O) groups is 4. The maximum absolute atomic E-state index is 13.5. The zero-order valence-corrected chi connectivity index (χ0v) is 21.6. The van der Waals surface area contributed by atoms with E-state index in [1.807, 2.05) is 24.3 Å². The van der Waals surface area contributed by atoms with Crippen LogP contribution in [-0.4, -0.2) is 87.1 Å². The first-order valence-electron chi connectivity index (χ1n) is 13.0. The number of aliphatic hydroxyl groups is 1. The van der Waals surface area contributed by atoms with Crippen LogP contribution >= 0.6 is 0 Å². The fourth-order valence-corrected chi connectivity index (χ4v) is 4.73. The van der Waals surface area contributed by atoms with Crippen molar-refractivity contribution in [2.45, 2.75) is 75.7 Å². The van der Waals surface area contributed by atoms with Crippen LogP contribution in [0.4, 0.5) is 0 Å². The largest absolute Gasteiger partial charge is 0.480 e. The van der Waals surface area contributed by atoms with Crippen LogP contribution < -0.4 is 22.1 Å². The number of nitrogens with one attached hydrogen (secondary N) is 3. The summed E-state index contributed by atoms with van der Waals surface area (Å²) >= 11 is 0. The number of benzene rings is 1. The number of hydrogen-bond donors (Lipinski definition) is 7. The fourth-order valence-electron chi connectivity index (χ4n) is 4.73. The maximum atomic E-state index is 13.5. The molecular weight excluding hydrogens is 492 g/mol. The van der Waals surface area contributed by atoms with E-state index in [2.05, 4.69) is 15.6 Å². The van der Waals surface area contributed by atoms with Gasteiger partial charge in [-0.2, -0.15) is 0 Å². The minimum atomic E-state index is -1.21. The number of carboxylic acids is 1. The summed E-state index contributed by atoms with van der Waals surface area (Å²) in [6.07, 6.45) is 3.11. The minimum absolute atomic E-state index is 0.0702. The topological polar surface area (TPSA) is 204 Å². The summed E-state index contributed by atoms with van der Waals surface area (Å²) in [4.78, 5) is 55.7. The highest BCUT2D eigenvalue weighted by molar-refractivity contribution is 5.95. The predicted octanol–water partition coefficient (Wildman–Crippen LogP) is -0.407. The Morgan fingerprint density at radius 3 is 2.58 bits per heavy atom. The zero-order chi connectivity index (χ0) is 27.8. The zero-order valence-electron chi connectivity index (χ0n) is 21.6. The molecule has 38 heavy (non-hydrogen) atoms. The van der Waals surface area contributed by atoms with Gasteiger partial charge in [-0.05, 0) is 57.2 Å². The molecule has 1 aliphatic heterocycles. The molecule has 1 aromatic heterocycles. The summed E-state index contributed by atoms with van der Waals surface area (Å²) in [7, 11) is 0. The van der Waals surface area contributed by atoms with Crippen molar-refractivity contribution in [1.82, 2.24) is 20.5 Å². The number of aliphatic carboxylic acids is 1. The molecule has 1 fully saturated rings. The first-order chi connectivity index (χ1) is 18.1. The number of H-pyrrole nitrogens is 1. The second-order valence-corrected chi connectivity index (χ2v) is 9.76. The first-order valence-corrected chi connectivity index (χ1v) is 13.0. The monoisotopic (exact) mass is 530 g/mol. The van der Waals surface area contributed by atoms with Gasteiger partial charge in [0.2, 0.25) is 17.7 Å². The average molecular weight is 531 g/mol. The SMILES string of the molecule is CC(O)C(N)C(=O)NC(CCCCN)C(=O)N1CCCC1C(=O)NC(Cc1c[nH]c2ccccc12)C(=O)O. The molecule has 2 aromatic rings. The van der Waals surface area contributed by atoms with Gasteiger partial charge < -0.3 is 42.2 Å². The van der Waals surface area contributed by atoms with Crippen molar-refractivity contribution in [3.8, 4) is 0 Å². The van der Waals surface area contributed by atoms with Crippen molar-refractivity contribution < 1.29 is 29.4 Å². The molecule has 1 aliphatic rings. The van der Waals surface area contributed by atoms with E-state index < -0.39 is 54.0 Å². The number of aliphatic hydroxyl groups excluding tert-OH is 1. The summed E-state index contributed by atoms with van der Waals surface area (Å²) < 4.78 is 0. The van der Waals surface area contributed by atoms with E-state index in [4.69, 9.17) is 11.5 Å². The van der Waals surface area contributed by atoms with E-state index in [-0.39, 0.29) is 12.8 Å². The Bertz CT molecular complexity index is 1130. The molecule has 1 aromatic carbocycles. The second kappa shape index (κ2) is 13.4. The molecule has 0 bridgehead atoms. The number of nitrogens with zero attached hydrogens (tertiary/aromatic N) is 1. The number of hydrogen-bond acceptors (Lipinski definition) is 7. The molecule has 0 spiro atoms. The van der Waals surface area contributed by atoms with E-state index >= 15 is 0 Å². The van der Waals surface area contributed by atoms with E-state index in [1.165, 1.54) is 11.8 Å². The third-order valence-electron chi connectivity index (χ3n) is 6.94. The molecule has 0 saturated carbocycles. The van der Waals surface area contributed by atoms with Gasteiger partial charge in [0.15, 0.2) is 0 Å². The third-order valence-corrected chi connectivity index (χ3v) is 6.94. The number of amides is 3. The number of unbranched alkanes of at least 4 members (excludes halogenated alkanes) is 1. The van der Waals surface area contributed by atoms with Gasteiger partial charge in [0.05, 0.1) is 6.10 Å². The minimum Gasteiger partial charge on any atom is -0.480 e. The van der Waals surface area contributed by atoms with Gasteiger partial charge in [0.25, 0.3) is 0 Å². The standard InChI is InChI=1S/C26H38N6O6/c1-15(33)22(28)24(35)30-19(9-4-5-11-27)25(36)32-12-6-10-21(32)23(34)31-20(26(37)38)13-16-14-29-18-8-3-2-7-17(16)18/h2-3,7-8,14-15,19-22,29,33H,4-6,9-13,27-28H2,1H3,(H,30,35)(H,31,34)(H,37,38). The van der Waals surface area contributed by atoms with Gasteiger partial charge in [-0.15, -0.1) is 0 Å². The lowest BCUT2D eigenvalue weighted by atomic mass is 10.0. The highest BCUT2D eigenvalue weighted by atomic mass is 16.4. The van der Waals surface area contributed by atoms with Gasteiger partial charge in [-0.25, -0.2) is 4.79 Å². The molecule has 0 aliphatic carbocycles. The van der Waals surface area contributed by atoms with Crippen molar-refractivity contribution >= 4 is 34.6 Å². The number of likely N-dealkylation sites (tertiary alicyclic amines) is 1. The first kappa shape index (κ1) is 29.1. The van der Waals surface area contributed by atoms with Crippen LogP contribution in [-0.2, 0) is 25.6 Å². The summed E-state index contributed by atoms with van der Waals surface area (Å²) in [5, 5.41) is 25.6. The van der Waals surface area contributed by atoms with Crippen LogP contribution in [0.2, 0.25) is 0 Å². The quantitative estimate of drug-likeness (QED) is 0.169. The third kappa shape index (κ3) is 7.09. The molecule has 3 amide bonds. The van der Waals surface area contributed by atoms with Gasteiger partial charge in [0.1, 0.15) is 24.2 Å². The Labute approximate surface area is 221 Å². The number of aromatic nitrogens is 1. The number of carbonyl (C=O) groups excluding carboxylic acids is 3. The molecule has 5 unspecified atom stereocenters. The molecule has 0 radical (unpaired) electrons. The molecule has 2 heterocycles. The summed E-state index contributed by atoms with van der Waals surface area (Å²) in [5.41, 5.74) is 12.9. The van der Waals surface area contributed by atoms with Gasteiger partial charge in [0, 0.05) is 30.1 Å². The van der Waals surface area contributed by atoms with E-state index in [9.17, 15) is 29.4 Å². The Kier molecular flexibility index (Phi) is 10.2. The molecular formula is C26H38N6O6. The fraction of sp³-hybridized carbons (Fsp3) is 0.538. The van der Waals surface area contributed by atoms with Crippen LogP contribution in [0.3, 0.4) is 0 Å². The Morgan fingerprint density at radius 1 is 1.16 bits per heavy atom. The Hall–Kier alpha value is -3.48. The lowest BCUT2D eigenvalue weighted by Crippen LogP contribution is -2.58. The summed E-state index contributed by atoms with van der Waals surface area (Å²) in [6, 6.07) is 3.26. The Morgan fingerprint density at radius 2 is 1.89 bits per heavy atom. The number of fused-ring (bicyclic) bond motifs is 1. The van der Waals surface area contributed by atoms with Crippen LogP contribution in [0.15, 0.2) is 30.5 Å². The van der Waals surface area contributed by atoms with Crippen LogP contribution in [0.5, 0.6) is 0 Å². The lowest BCUT2D eigenvalue weighted by Gasteiger charge is -2.30. The number of nitrogens with two attached hydrogens (primary N) is 2. The number of para-hydroxylation sites is 1. The maximum Gasteiger partial charge on any atom is 0.326 e. The molecule has 12 nitrogen and oxygen atoms in total. The number of aromatic amines is 1. The molecule has 5 atom stereocenters. The van der Waals surface area contributed by atoms with Crippen LogP contribution in [0, 0.1) is 0 Å². The van der Waals surface area contributed by atoms with Crippen molar-refractivity contribution in [2.75, 3.05) is 13.1 Å². The smallest absolute Gasteiger partial charge is 0.326 e. The molecule has 3 rings (SSSR count). The number of rotatable bonds is 13. The number of carboxylic acid groups (broad SMARTS) is 1. The van der Waals surface area contributed by atoms with E-state index in [0.717, 1.165) is 16.5 Å². The van der Waals surface area contributed by atoms with Gasteiger partial charge in [-0.1, -0.05) is 18.2 Å². The summed E-state index contributed by atoms with van der Waals surface area (Å²) in [5.74, 6) is -2.86. The van der Waals surface area contributed by atoms with Gasteiger partial charge >= 0.3 is 5.97 Å². The second-order valence-electron chi connectivity index (χ2n) is 9.76. The normalized spacial score (nSPS) is 18.5. The van der Waals surface area contributed by atoms with Crippen molar-refractivity contribution in [1.29, 1.82) is 0 Å². The highest BCUT2D eigenvalue weighted by Crippen LogP contribution is 2.22. The van der Waals surface area contributed by atoms with Gasteiger partial charge in [-0.3, -0.25) is 14.4 Å². The highest BCUT2D eigenvalue weighted by Gasteiger charge is 2.39. The lowest BCUT2D eigenvalue weighted by molar-refractivity contribution is -0.145. The molecule has 9 N–H and O–H groups in total. The predicted molar refractivity (Wildman–Crippen MR) is 141 cm³/mol.